The third-order valence-corrected chi connectivity index (χ3v) is 7.28. The fraction of sp³-hybridized carbons (Fsp3) is 0. The van der Waals surface area contributed by atoms with Crippen molar-refractivity contribution in [2.45, 2.75) is 0 Å². The lowest BCUT2D eigenvalue weighted by Gasteiger charge is -2.26. The zero-order chi connectivity index (χ0) is 26.7. The van der Waals surface area contributed by atoms with Crippen molar-refractivity contribution in [2.24, 2.45) is 0 Å². The molecule has 0 radical (unpaired) electrons. The third kappa shape index (κ3) is 4.57. The Kier molecular flexibility index (Phi) is 6.20. The van der Waals surface area contributed by atoms with Crippen LogP contribution >= 0.6 is 0 Å². The SMILES string of the molecule is c1ccc(-c2ccccc2-c2ccc(N(c3ccccc3)c3cccc(-c4cc5ccccc5o4)c3)cc2)cc1. The molecule has 0 saturated heterocycles. The van der Waals surface area contributed by atoms with Crippen molar-refractivity contribution in [3.8, 4) is 33.6 Å². The molecule has 0 N–H and O–H groups in total. The summed E-state index contributed by atoms with van der Waals surface area (Å²) in [6.45, 7) is 0. The minimum Gasteiger partial charge on any atom is -0.456 e. The summed E-state index contributed by atoms with van der Waals surface area (Å²) in [4.78, 5) is 2.29. The number of nitrogens with zero attached hydrogens (tertiary/aromatic N) is 1. The Balaban J connectivity index is 1.29. The van der Waals surface area contributed by atoms with E-state index in [0.29, 0.717) is 0 Å². The quantitative estimate of drug-likeness (QED) is 0.220. The van der Waals surface area contributed by atoms with E-state index < -0.39 is 0 Å². The van der Waals surface area contributed by atoms with Gasteiger partial charge in [-0.3, -0.25) is 0 Å². The Morgan fingerprint density at radius 2 is 0.925 bits per heavy atom. The molecule has 6 aromatic carbocycles. The van der Waals surface area contributed by atoms with Crippen LogP contribution in [0.5, 0.6) is 0 Å². The van der Waals surface area contributed by atoms with Gasteiger partial charge in [-0.05, 0) is 70.8 Å². The molecule has 40 heavy (non-hydrogen) atoms. The lowest BCUT2D eigenvalue weighted by molar-refractivity contribution is 0.631. The average Bonchev–Trinajstić information content (AvgIpc) is 3.48. The first-order valence-corrected chi connectivity index (χ1v) is 13.5. The van der Waals surface area contributed by atoms with Crippen molar-refractivity contribution in [1.29, 1.82) is 0 Å². The molecule has 0 saturated carbocycles. The summed E-state index contributed by atoms with van der Waals surface area (Å²) in [5.74, 6) is 0.865. The van der Waals surface area contributed by atoms with Crippen LogP contribution in [0.3, 0.4) is 0 Å². The zero-order valence-corrected chi connectivity index (χ0v) is 21.9. The molecular formula is C38H27NO. The lowest BCUT2D eigenvalue weighted by atomic mass is 9.94. The third-order valence-electron chi connectivity index (χ3n) is 7.28. The highest BCUT2D eigenvalue weighted by Gasteiger charge is 2.15. The van der Waals surface area contributed by atoms with Gasteiger partial charge in [0.05, 0.1) is 0 Å². The molecule has 190 valence electrons. The Bertz CT molecular complexity index is 1850. The van der Waals surface area contributed by atoms with E-state index in [2.05, 4.69) is 150 Å². The summed E-state index contributed by atoms with van der Waals surface area (Å²) in [6, 6.07) is 57.3. The molecule has 7 rings (SSSR count). The second kappa shape index (κ2) is 10.4. The fourth-order valence-corrected chi connectivity index (χ4v) is 5.34. The first-order valence-electron chi connectivity index (χ1n) is 13.5. The number of benzene rings is 6. The van der Waals surface area contributed by atoms with Gasteiger partial charge in [0.2, 0.25) is 0 Å². The fourth-order valence-electron chi connectivity index (χ4n) is 5.34. The van der Waals surface area contributed by atoms with Crippen LogP contribution in [0.1, 0.15) is 0 Å². The van der Waals surface area contributed by atoms with Gasteiger partial charge < -0.3 is 9.32 Å². The lowest BCUT2D eigenvalue weighted by Crippen LogP contribution is -2.09. The first kappa shape index (κ1) is 23.8. The van der Waals surface area contributed by atoms with Gasteiger partial charge in [-0.15, -0.1) is 0 Å². The number of rotatable bonds is 6. The number of furan rings is 1. The molecule has 2 heteroatoms. The highest BCUT2D eigenvalue weighted by atomic mass is 16.3. The van der Waals surface area contributed by atoms with Gasteiger partial charge in [0.15, 0.2) is 0 Å². The minimum absolute atomic E-state index is 0.865. The van der Waals surface area contributed by atoms with Crippen LogP contribution in [0.25, 0.3) is 44.5 Å². The van der Waals surface area contributed by atoms with Gasteiger partial charge in [0.25, 0.3) is 0 Å². The molecule has 0 bridgehead atoms. The maximum Gasteiger partial charge on any atom is 0.135 e. The summed E-state index contributed by atoms with van der Waals surface area (Å²) in [5.41, 5.74) is 10.1. The molecule has 0 spiro atoms. The molecule has 0 aliphatic carbocycles. The normalized spacial score (nSPS) is 11.0. The standard InChI is InChI=1S/C38H27NO/c1-3-12-28(13-4-1)35-19-8-9-20-36(35)29-22-24-33(25-23-29)39(32-16-5-2-6-17-32)34-18-11-15-30(26-34)38-27-31-14-7-10-21-37(31)40-38/h1-27H. The van der Waals surface area contributed by atoms with Gasteiger partial charge in [-0.25, -0.2) is 0 Å². The summed E-state index contributed by atoms with van der Waals surface area (Å²) in [5, 5.41) is 1.11. The monoisotopic (exact) mass is 513 g/mol. The molecular weight excluding hydrogens is 486 g/mol. The Morgan fingerprint density at radius 3 is 1.65 bits per heavy atom. The van der Waals surface area contributed by atoms with Crippen molar-refractivity contribution in [1.82, 2.24) is 0 Å². The zero-order valence-electron chi connectivity index (χ0n) is 21.9. The van der Waals surface area contributed by atoms with Crippen LogP contribution in [0.15, 0.2) is 168 Å². The predicted molar refractivity (Wildman–Crippen MR) is 167 cm³/mol. The van der Waals surface area contributed by atoms with E-state index in [1.807, 2.05) is 18.2 Å². The van der Waals surface area contributed by atoms with E-state index in [4.69, 9.17) is 4.42 Å². The molecule has 0 aliphatic heterocycles. The van der Waals surface area contributed by atoms with Crippen molar-refractivity contribution >= 4 is 28.0 Å². The molecule has 0 unspecified atom stereocenters. The van der Waals surface area contributed by atoms with E-state index in [0.717, 1.165) is 39.4 Å². The van der Waals surface area contributed by atoms with Gasteiger partial charge >= 0.3 is 0 Å². The van der Waals surface area contributed by atoms with Crippen LogP contribution in [-0.4, -0.2) is 0 Å². The Morgan fingerprint density at radius 1 is 0.375 bits per heavy atom. The molecule has 1 heterocycles. The van der Waals surface area contributed by atoms with Gasteiger partial charge in [-0.1, -0.05) is 115 Å². The van der Waals surface area contributed by atoms with E-state index >= 15 is 0 Å². The first-order chi connectivity index (χ1) is 19.8. The van der Waals surface area contributed by atoms with Crippen LogP contribution in [0.2, 0.25) is 0 Å². The molecule has 0 aliphatic rings. The highest BCUT2D eigenvalue weighted by Crippen LogP contribution is 2.39. The van der Waals surface area contributed by atoms with Crippen LogP contribution < -0.4 is 4.90 Å². The minimum atomic E-state index is 0.865. The number of anilines is 3. The maximum atomic E-state index is 6.19. The van der Waals surface area contributed by atoms with Gasteiger partial charge in [0.1, 0.15) is 11.3 Å². The molecule has 2 nitrogen and oxygen atoms in total. The Hall–Kier alpha value is -5.34. The van der Waals surface area contributed by atoms with Crippen molar-refractivity contribution in [3.05, 3.63) is 164 Å². The van der Waals surface area contributed by atoms with Crippen molar-refractivity contribution in [2.75, 3.05) is 4.90 Å². The predicted octanol–water partition coefficient (Wildman–Crippen LogP) is 10.9. The topological polar surface area (TPSA) is 16.4 Å². The highest BCUT2D eigenvalue weighted by molar-refractivity contribution is 5.87. The molecule has 0 atom stereocenters. The van der Waals surface area contributed by atoms with Crippen LogP contribution in [-0.2, 0) is 0 Å². The summed E-state index contributed by atoms with van der Waals surface area (Å²) >= 11 is 0. The second-order valence-corrected chi connectivity index (χ2v) is 9.83. The molecule has 1 aromatic heterocycles. The van der Waals surface area contributed by atoms with E-state index in [-0.39, 0.29) is 0 Å². The van der Waals surface area contributed by atoms with Crippen molar-refractivity contribution < 1.29 is 4.42 Å². The van der Waals surface area contributed by atoms with E-state index in [1.165, 1.54) is 22.3 Å². The van der Waals surface area contributed by atoms with Gasteiger partial charge in [0, 0.05) is 28.0 Å². The average molecular weight is 514 g/mol. The summed E-state index contributed by atoms with van der Waals surface area (Å²) in [6.07, 6.45) is 0. The van der Waals surface area contributed by atoms with Crippen LogP contribution in [0.4, 0.5) is 17.1 Å². The largest absolute Gasteiger partial charge is 0.456 e. The van der Waals surface area contributed by atoms with Crippen molar-refractivity contribution in [3.63, 3.8) is 0 Å². The Labute approximate surface area is 234 Å². The molecule has 0 fully saturated rings. The number of fused-ring (bicyclic) bond motifs is 1. The molecule has 0 amide bonds. The van der Waals surface area contributed by atoms with E-state index in [1.54, 1.807) is 0 Å². The number of hydrogen-bond donors (Lipinski definition) is 0. The summed E-state index contributed by atoms with van der Waals surface area (Å²) in [7, 11) is 0. The van der Waals surface area contributed by atoms with E-state index in [9.17, 15) is 0 Å². The van der Waals surface area contributed by atoms with Crippen LogP contribution in [0, 0.1) is 0 Å². The number of hydrogen-bond acceptors (Lipinski definition) is 2. The maximum absolute atomic E-state index is 6.19. The smallest absolute Gasteiger partial charge is 0.135 e. The number of para-hydroxylation sites is 2. The second-order valence-electron chi connectivity index (χ2n) is 9.83. The summed E-state index contributed by atoms with van der Waals surface area (Å²) < 4.78 is 6.19. The molecule has 7 aromatic rings. The van der Waals surface area contributed by atoms with Gasteiger partial charge in [-0.2, -0.15) is 0 Å².